The van der Waals surface area contributed by atoms with Crippen LogP contribution in [0.4, 0.5) is 18.0 Å². The zero-order chi connectivity index (χ0) is 18.1. The Labute approximate surface area is 142 Å². The number of hydrogen-bond acceptors (Lipinski definition) is 3. The van der Waals surface area contributed by atoms with Crippen molar-refractivity contribution in [2.24, 2.45) is 0 Å². The van der Waals surface area contributed by atoms with E-state index in [0.717, 1.165) is 11.6 Å². The van der Waals surface area contributed by atoms with Crippen LogP contribution in [0.3, 0.4) is 0 Å². The van der Waals surface area contributed by atoms with Gasteiger partial charge in [-0.3, -0.25) is 0 Å². The van der Waals surface area contributed by atoms with E-state index in [1.807, 2.05) is 30.3 Å². The molecule has 0 aliphatic heterocycles. The Bertz CT molecular complexity index is 764. The SMILES string of the molecule is O=C(NCC#Cc1cccc(OC(F)(F)F)c1)OCc1ccccc1. The van der Waals surface area contributed by atoms with Crippen LogP contribution < -0.4 is 10.1 Å². The summed E-state index contributed by atoms with van der Waals surface area (Å²) in [5.41, 5.74) is 1.19. The second-order valence-corrected chi connectivity index (χ2v) is 4.79. The van der Waals surface area contributed by atoms with Crippen LogP contribution in [-0.2, 0) is 11.3 Å². The van der Waals surface area contributed by atoms with Gasteiger partial charge in [0.2, 0.25) is 0 Å². The lowest BCUT2D eigenvalue weighted by Gasteiger charge is -2.08. The second-order valence-electron chi connectivity index (χ2n) is 4.79. The summed E-state index contributed by atoms with van der Waals surface area (Å²) in [6.45, 7) is 0.134. The number of nitrogens with one attached hydrogen (secondary N) is 1. The standard InChI is InChI=1S/C18H14F3NO3/c19-18(20,21)25-16-10-4-8-14(12-16)9-5-11-22-17(23)24-13-15-6-2-1-3-7-15/h1-4,6-8,10,12H,11,13H2,(H,22,23). The number of rotatable bonds is 4. The lowest BCUT2D eigenvalue weighted by molar-refractivity contribution is -0.274. The van der Waals surface area contributed by atoms with Crippen LogP contribution >= 0.6 is 0 Å². The van der Waals surface area contributed by atoms with Crippen molar-refractivity contribution in [3.8, 4) is 17.6 Å². The molecule has 0 bridgehead atoms. The van der Waals surface area contributed by atoms with Gasteiger partial charge in [-0.15, -0.1) is 13.2 Å². The highest BCUT2D eigenvalue weighted by Crippen LogP contribution is 2.22. The molecule has 130 valence electrons. The minimum absolute atomic E-state index is 0.00201. The van der Waals surface area contributed by atoms with Gasteiger partial charge in [-0.1, -0.05) is 48.2 Å². The summed E-state index contributed by atoms with van der Waals surface area (Å²) in [5.74, 6) is 4.90. The van der Waals surface area contributed by atoms with E-state index in [1.165, 1.54) is 18.2 Å². The van der Waals surface area contributed by atoms with Crippen molar-refractivity contribution in [2.75, 3.05) is 6.54 Å². The zero-order valence-electron chi connectivity index (χ0n) is 13.0. The van der Waals surface area contributed by atoms with Gasteiger partial charge >= 0.3 is 12.5 Å². The fourth-order valence-electron chi connectivity index (χ4n) is 1.81. The van der Waals surface area contributed by atoms with Gasteiger partial charge in [0, 0.05) is 5.56 Å². The molecule has 4 nitrogen and oxygen atoms in total. The third kappa shape index (κ3) is 7.31. The normalized spacial score (nSPS) is 10.4. The summed E-state index contributed by atoms with van der Waals surface area (Å²) in [5, 5.41) is 2.43. The minimum Gasteiger partial charge on any atom is -0.445 e. The molecule has 2 aromatic rings. The molecule has 0 atom stereocenters. The van der Waals surface area contributed by atoms with Gasteiger partial charge in [0.05, 0.1) is 6.54 Å². The Morgan fingerprint density at radius 2 is 1.84 bits per heavy atom. The molecule has 2 aromatic carbocycles. The maximum absolute atomic E-state index is 12.1. The summed E-state index contributed by atoms with van der Waals surface area (Å²) in [4.78, 5) is 11.5. The monoisotopic (exact) mass is 349 g/mol. The Kier molecular flexibility index (Phi) is 6.29. The Morgan fingerprint density at radius 1 is 1.08 bits per heavy atom. The number of ether oxygens (including phenoxy) is 2. The maximum Gasteiger partial charge on any atom is 0.573 e. The maximum atomic E-state index is 12.1. The highest BCUT2D eigenvalue weighted by molar-refractivity contribution is 5.67. The molecular formula is C18H14F3NO3. The quantitative estimate of drug-likeness (QED) is 0.853. The molecule has 0 aliphatic carbocycles. The molecular weight excluding hydrogens is 335 g/mol. The molecule has 7 heteroatoms. The van der Waals surface area contributed by atoms with E-state index in [-0.39, 0.29) is 18.9 Å². The van der Waals surface area contributed by atoms with Crippen molar-refractivity contribution in [1.82, 2.24) is 5.32 Å². The van der Waals surface area contributed by atoms with Crippen molar-refractivity contribution in [1.29, 1.82) is 0 Å². The van der Waals surface area contributed by atoms with Gasteiger partial charge in [-0.2, -0.15) is 0 Å². The van der Waals surface area contributed by atoms with Crippen LogP contribution in [0.2, 0.25) is 0 Å². The summed E-state index contributed by atoms with van der Waals surface area (Å²) in [6.07, 6.45) is -5.39. The predicted molar refractivity (Wildman–Crippen MR) is 84.6 cm³/mol. The number of benzene rings is 2. The first-order valence-electron chi connectivity index (χ1n) is 7.21. The van der Waals surface area contributed by atoms with Crippen LogP contribution in [0.1, 0.15) is 11.1 Å². The molecule has 0 aliphatic rings. The average Bonchev–Trinajstić information content (AvgIpc) is 2.57. The van der Waals surface area contributed by atoms with Crippen molar-refractivity contribution < 1.29 is 27.4 Å². The van der Waals surface area contributed by atoms with E-state index in [0.29, 0.717) is 5.56 Å². The summed E-state index contributed by atoms with van der Waals surface area (Å²) in [7, 11) is 0. The first kappa shape index (κ1) is 18.2. The third-order valence-electron chi connectivity index (χ3n) is 2.83. The molecule has 1 N–H and O–H groups in total. The zero-order valence-corrected chi connectivity index (χ0v) is 13.0. The lowest BCUT2D eigenvalue weighted by Crippen LogP contribution is -2.24. The third-order valence-corrected chi connectivity index (χ3v) is 2.83. The number of carbonyl (C=O) groups is 1. The first-order chi connectivity index (χ1) is 11.9. The van der Waals surface area contributed by atoms with Crippen LogP contribution in [0.15, 0.2) is 54.6 Å². The number of alkyl halides is 3. The summed E-state index contributed by atoms with van der Waals surface area (Å²) < 4.78 is 45.2. The van der Waals surface area contributed by atoms with Crippen LogP contribution in [-0.4, -0.2) is 19.0 Å². The number of amides is 1. The number of alkyl carbamates (subject to hydrolysis) is 1. The fraction of sp³-hybridized carbons (Fsp3) is 0.167. The fourth-order valence-corrected chi connectivity index (χ4v) is 1.81. The molecule has 0 heterocycles. The van der Waals surface area contributed by atoms with Crippen molar-refractivity contribution in [3.63, 3.8) is 0 Å². The molecule has 0 fully saturated rings. The Balaban J connectivity index is 1.78. The van der Waals surface area contributed by atoms with E-state index >= 15 is 0 Å². The highest BCUT2D eigenvalue weighted by Gasteiger charge is 2.31. The van der Waals surface area contributed by atoms with E-state index in [2.05, 4.69) is 21.9 Å². The lowest BCUT2D eigenvalue weighted by atomic mass is 10.2. The molecule has 0 saturated heterocycles. The Morgan fingerprint density at radius 3 is 2.56 bits per heavy atom. The van der Waals surface area contributed by atoms with Gasteiger partial charge in [0.15, 0.2) is 0 Å². The van der Waals surface area contributed by atoms with E-state index < -0.39 is 12.5 Å². The van der Waals surface area contributed by atoms with Gasteiger partial charge in [-0.25, -0.2) is 4.79 Å². The summed E-state index contributed by atoms with van der Waals surface area (Å²) >= 11 is 0. The van der Waals surface area contributed by atoms with Gasteiger partial charge in [0.1, 0.15) is 12.4 Å². The predicted octanol–water partition coefficient (Wildman–Crippen LogP) is 3.86. The largest absolute Gasteiger partial charge is 0.573 e. The molecule has 0 saturated carbocycles. The van der Waals surface area contributed by atoms with Crippen LogP contribution in [0.25, 0.3) is 0 Å². The molecule has 0 radical (unpaired) electrons. The van der Waals surface area contributed by atoms with Crippen LogP contribution in [0, 0.1) is 11.8 Å². The van der Waals surface area contributed by atoms with Gasteiger partial charge < -0.3 is 14.8 Å². The topological polar surface area (TPSA) is 47.6 Å². The molecule has 25 heavy (non-hydrogen) atoms. The minimum atomic E-state index is -4.75. The number of carbonyl (C=O) groups excluding carboxylic acids is 1. The van der Waals surface area contributed by atoms with Crippen molar-refractivity contribution in [2.45, 2.75) is 13.0 Å². The second kappa shape index (κ2) is 8.64. The highest BCUT2D eigenvalue weighted by atomic mass is 19.4. The number of hydrogen-bond donors (Lipinski definition) is 1. The van der Waals surface area contributed by atoms with E-state index in [9.17, 15) is 18.0 Å². The molecule has 1 amide bonds. The molecule has 0 aromatic heterocycles. The number of halogens is 3. The smallest absolute Gasteiger partial charge is 0.445 e. The molecule has 2 rings (SSSR count). The molecule has 0 unspecified atom stereocenters. The van der Waals surface area contributed by atoms with Crippen molar-refractivity contribution in [3.05, 3.63) is 65.7 Å². The van der Waals surface area contributed by atoms with Crippen molar-refractivity contribution >= 4 is 6.09 Å². The van der Waals surface area contributed by atoms with E-state index in [4.69, 9.17) is 4.74 Å². The van der Waals surface area contributed by atoms with Gasteiger partial charge in [-0.05, 0) is 23.8 Å². The van der Waals surface area contributed by atoms with Gasteiger partial charge in [0.25, 0.3) is 0 Å². The molecule has 0 spiro atoms. The van der Waals surface area contributed by atoms with E-state index in [1.54, 1.807) is 0 Å². The summed E-state index contributed by atoms with van der Waals surface area (Å²) in [6, 6.07) is 14.4. The average molecular weight is 349 g/mol. The van der Waals surface area contributed by atoms with Crippen LogP contribution in [0.5, 0.6) is 5.75 Å². The first-order valence-corrected chi connectivity index (χ1v) is 7.21. The Hall–Kier alpha value is -3.14.